The van der Waals surface area contributed by atoms with Gasteiger partial charge in [0.25, 0.3) is 0 Å². The minimum atomic E-state index is -1.53. The van der Waals surface area contributed by atoms with Gasteiger partial charge in [-0.05, 0) is 29.0 Å². The molecule has 8 heavy (non-hydrogen) atoms. The Hall–Kier alpha value is 1.38. The van der Waals surface area contributed by atoms with Crippen LogP contribution in [0, 0.1) is 0 Å². The highest BCUT2D eigenvalue weighted by Gasteiger charge is 2.26. The van der Waals surface area contributed by atoms with Crippen LogP contribution in [-0.2, 0) is 0 Å². The summed E-state index contributed by atoms with van der Waals surface area (Å²) in [4.78, 5) is 0. The number of hydrogen-bond acceptors (Lipinski definition) is 2. The van der Waals surface area contributed by atoms with Gasteiger partial charge in [-0.1, -0.05) is 29.5 Å². The van der Waals surface area contributed by atoms with Crippen molar-refractivity contribution < 1.29 is 10.2 Å². The van der Waals surface area contributed by atoms with Crippen molar-refractivity contribution in [3.05, 3.63) is 0 Å². The van der Waals surface area contributed by atoms with E-state index in [1.54, 1.807) is 22.6 Å². The van der Waals surface area contributed by atoms with Gasteiger partial charge in [-0.15, -0.1) is 0 Å². The lowest BCUT2D eigenvalue weighted by molar-refractivity contribution is -0.0550. The lowest BCUT2D eigenvalue weighted by atomic mass is 10.3. The van der Waals surface area contributed by atoms with E-state index < -0.39 is 3.79 Å². The number of rotatable bonds is 2. The Morgan fingerprint density at radius 1 is 1.62 bits per heavy atom. The van der Waals surface area contributed by atoms with Gasteiger partial charge in [0, 0.05) is 0 Å². The molecular formula is C4H8I2O2. The molecule has 0 amide bonds. The first-order chi connectivity index (χ1) is 3.48. The Balaban J connectivity index is 3.62. The van der Waals surface area contributed by atoms with Crippen molar-refractivity contribution in [2.45, 2.75) is 21.1 Å². The second-order valence-electron chi connectivity index (χ2n) is 1.51. The Morgan fingerprint density at radius 3 is 2.00 bits per heavy atom. The molecule has 2 N–H and O–H groups in total. The van der Waals surface area contributed by atoms with Crippen molar-refractivity contribution in [3.63, 3.8) is 0 Å². The highest BCUT2D eigenvalue weighted by Crippen LogP contribution is 2.24. The standard InChI is InChI=1S/C4H8I2O2/c1-2-3(5)4(6,7)8/h3,7-8H,2H2,1H3. The third-order valence-corrected chi connectivity index (χ3v) is 4.45. The van der Waals surface area contributed by atoms with Crippen molar-refractivity contribution in [2.75, 3.05) is 0 Å². The Labute approximate surface area is 75.9 Å². The highest BCUT2D eigenvalue weighted by molar-refractivity contribution is 14.1. The quantitative estimate of drug-likeness (QED) is 0.451. The monoisotopic (exact) mass is 342 g/mol. The third-order valence-electron chi connectivity index (χ3n) is 0.757. The molecule has 0 spiro atoms. The van der Waals surface area contributed by atoms with Crippen LogP contribution in [0.2, 0.25) is 0 Å². The third kappa shape index (κ3) is 3.41. The Morgan fingerprint density at radius 2 is 2.00 bits per heavy atom. The second-order valence-corrected chi connectivity index (χ2v) is 4.60. The zero-order valence-corrected chi connectivity index (χ0v) is 8.75. The number of hydrogen-bond donors (Lipinski definition) is 2. The predicted molar refractivity (Wildman–Crippen MR) is 49.3 cm³/mol. The average Bonchev–Trinajstić information content (AvgIpc) is 1.62. The summed E-state index contributed by atoms with van der Waals surface area (Å²) in [6, 6.07) is 0. The largest absolute Gasteiger partial charge is 0.357 e. The molecule has 4 heteroatoms. The molecule has 0 aromatic rings. The lowest BCUT2D eigenvalue weighted by Crippen LogP contribution is -2.29. The molecule has 0 fully saturated rings. The van der Waals surface area contributed by atoms with Gasteiger partial charge in [-0.3, -0.25) is 0 Å². The molecule has 0 aliphatic rings. The smallest absolute Gasteiger partial charge is 0.228 e. The van der Waals surface area contributed by atoms with Crippen molar-refractivity contribution in [1.29, 1.82) is 0 Å². The van der Waals surface area contributed by atoms with E-state index in [0.717, 1.165) is 6.42 Å². The summed E-state index contributed by atoms with van der Waals surface area (Å²) in [5, 5.41) is 17.6. The van der Waals surface area contributed by atoms with Crippen molar-refractivity contribution in [3.8, 4) is 0 Å². The van der Waals surface area contributed by atoms with Crippen molar-refractivity contribution in [2.24, 2.45) is 0 Å². The summed E-state index contributed by atoms with van der Waals surface area (Å²) in [7, 11) is 0. The zero-order chi connectivity index (χ0) is 6.78. The fourth-order valence-electron chi connectivity index (χ4n) is 0.260. The first-order valence-electron chi connectivity index (χ1n) is 2.26. The maximum absolute atomic E-state index is 8.82. The molecule has 0 aromatic carbocycles. The summed E-state index contributed by atoms with van der Waals surface area (Å²) < 4.78 is -1.62. The first kappa shape index (κ1) is 9.38. The fraction of sp³-hybridized carbons (Fsp3) is 1.00. The molecule has 50 valence electrons. The summed E-state index contributed by atoms with van der Waals surface area (Å²) in [5.41, 5.74) is 0. The Bertz CT molecular complexity index is 68.9. The van der Waals surface area contributed by atoms with Gasteiger partial charge >= 0.3 is 0 Å². The molecule has 0 saturated heterocycles. The molecule has 0 heterocycles. The van der Waals surface area contributed by atoms with E-state index >= 15 is 0 Å². The molecule has 1 atom stereocenters. The van der Waals surface area contributed by atoms with Crippen LogP contribution in [0.5, 0.6) is 0 Å². The normalized spacial score (nSPS) is 16.1. The summed E-state index contributed by atoms with van der Waals surface area (Å²) in [6.07, 6.45) is 0.774. The predicted octanol–water partition coefficient (Wildman–Crippen LogP) is 1.27. The van der Waals surface area contributed by atoms with Crippen LogP contribution in [0.1, 0.15) is 13.3 Å². The van der Waals surface area contributed by atoms with Crippen LogP contribution in [0.4, 0.5) is 0 Å². The molecule has 0 saturated carbocycles. The van der Waals surface area contributed by atoms with Gasteiger partial charge in [0.2, 0.25) is 3.79 Å². The van der Waals surface area contributed by atoms with E-state index in [9.17, 15) is 0 Å². The first-order valence-corrected chi connectivity index (χ1v) is 4.58. The van der Waals surface area contributed by atoms with Gasteiger partial charge in [0.05, 0.1) is 3.92 Å². The molecule has 0 rings (SSSR count). The van der Waals surface area contributed by atoms with Crippen LogP contribution in [-0.4, -0.2) is 17.9 Å². The summed E-state index contributed by atoms with van der Waals surface area (Å²) >= 11 is 3.61. The van der Waals surface area contributed by atoms with Gasteiger partial charge in [0.1, 0.15) is 0 Å². The highest BCUT2D eigenvalue weighted by atomic mass is 127. The van der Waals surface area contributed by atoms with E-state index in [0.29, 0.717) is 0 Å². The van der Waals surface area contributed by atoms with Crippen LogP contribution < -0.4 is 0 Å². The van der Waals surface area contributed by atoms with Crippen molar-refractivity contribution in [1.82, 2.24) is 0 Å². The van der Waals surface area contributed by atoms with E-state index in [2.05, 4.69) is 0 Å². The minimum Gasteiger partial charge on any atom is -0.357 e. The number of aliphatic hydroxyl groups is 2. The molecule has 0 aliphatic heterocycles. The maximum Gasteiger partial charge on any atom is 0.228 e. The van der Waals surface area contributed by atoms with Gasteiger partial charge < -0.3 is 10.2 Å². The SMILES string of the molecule is CCC(I)C(O)(O)I. The fourth-order valence-corrected chi connectivity index (χ4v) is 0.700. The average molecular weight is 342 g/mol. The van der Waals surface area contributed by atoms with Gasteiger partial charge in [-0.2, -0.15) is 0 Å². The summed E-state index contributed by atoms with van der Waals surface area (Å²) in [6.45, 7) is 1.91. The van der Waals surface area contributed by atoms with Crippen molar-refractivity contribution >= 4 is 45.2 Å². The maximum atomic E-state index is 8.82. The second kappa shape index (κ2) is 3.52. The molecule has 0 bridgehead atoms. The van der Waals surface area contributed by atoms with E-state index in [1.807, 2.05) is 29.5 Å². The molecule has 1 unspecified atom stereocenters. The topological polar surface area (TPSA) is 40.5 Å². The molecule has 2 nitrogen and oxygen atoms in total. The molecule has 0 radical (unpaired) electrons. The minimum absolute atomic E-state index is 0.0827. The van der Waals surface area contributed by atoms with Crippen LogP contribution in [0.25, 0.3) is 0 Å². The van der Waals surface area contributed by atoms with Crippen LogP contribution in [0.15, 0.2) is 0 Å². The van der Waals surface area contributed by atoms with E-state index in [4.69, 9.17) is 10.2 Å². The molecule has 0 aliphatic carbocycles. The van der Waals surface area contributed by atoms with E-state index in [-0.39, 0.29) is 3.92 Å². The lowest BCUT2D eigenvalue weighted by Gasteiger charge is -2.18. The Kier molecular flexibility index (Phi) is 4.13. The van der Waals surface area contributed by atoms with Gasteiger partial charge in [-0.25, -0.2) is 0 Å². The van der Waals surface area contributed by atoms with E-state index in [1.165, 1.54) is 0 Å². The number of halogens is 2. The van der Waals surface area contributed by atoms with Crippen LogP contribution >= 0.6 is 45.2 Å². The van der Waals surface area contributed by atoms with Crippen LogP contribution in [0.3, 0.4) is 0 Å². The molecule has 0 aromatic heterocycles. The molecular weight excluding hydrogens is 334 g/mol. The zero-order valence-electron chi connectivity index (χ0n) is 4.43. The number of alkyl halides is 2. The summed E-state index contributed by atoms with van der Waals surface area (Å²) in [5.74, 6) is 0. The van der Waals surface area contributed by atoms with Gasteiger partial charge in [0.15, 0.2) is 0 Å².